The lowest BCUT2D eigenvalue weighted by molar-refractivity contribution is 0.102. The first-order valence-corrected chi connectivity index (χ1v) is 6.37. The zero-order valence-electron chi connectivity index (χ0n) is 11.5. The topological polar surface area (TPSA) is 86.5 Å². The Kier molecular flexibility index (Phi) is 4.49. The molecule has 0 unspecified atom stereocenters. The fraction of sp³-hybridized carbons (Fsp3) is 0.143. The molecule has 0 spiro atoms. The molecule has 0 aliphatic rings. The fourth-order valence-electron chi connectivity index (χ4n) is 1.74. The SMILES string of the molecule is COc1ccc(OC)c(NC(=O)c2cc(Cl)ncc2N)c1. The number of nitrogen functional groups attached to an aromatic ring is 1. The Morgan fingerprint density at radius 2 is 2.05 bits per heavy atom. The van der Waals surface area contributed by atoms with Crippen LogP contribution in [-0.4, -0.2) is 25.1 Å². The summed E-state index contributed by atoms with van der Waals surface area (Å²) in [6.45, 7) is 0. The molecule has 0 saturated carbocycles. The Balaban J connectivity index is 2.32. The number of rotatable bonds is 4. The summed E-state index contributed by atoms with van der Waals surface area (Å²) in [5.74, 6) is 0.679. The number of halogens is 1. The highest BCUT2D eigenvalue weighted by Gasteiger charge is 2.14. The maximum atomic E-state index is 12.3. The monoisotopic (exact) mass is 307 g/mol. The van der Waals surface area contributed by atoms with E-state index in [1.54, 1.807) is 18.2 Å². The number of aromatic nitrogens is 1. The Morgan fingerprint density at radius 1 is 1.29 bits per heavy atom. The van der Waals surface area contributed by atoms with Crippen LogP contribution in [0.15, 0.2) is 30.5 Å². The fourth-order valence-corrected chi connectivity index (χ4v) is 1.90. The van der Waals surface area contributed by atoms with Crippen molar-refractivity contribution in [2.75, 3.05) is 25.3 Å². The number of hydrogen-bond donors (Lipinski definition) is 2. The molecular weight excluding hydrogens is 294 g/mol. The van der Waals surface area contributed by atoms with Gasteiger partial charge in [-0.25, -0.2) is 4.98 Å². The highest BCUT2D eigenvalue weighted by molar-refractivity contribution is 6.30. The van der Waals surface area contributed by atoms with Crippen LogP contribution in [0.2, 0.25) is 5.15 Å². The van der Waals surface area contributed by atoms with Gasteiger partial charge in [0.05, 0.1) is 37.4 Å². The molecule has 0 atom stereocenters. The summed E-state index contributed by atoms with van der Waals surface area (Å²) in [5.41, 5.74) is 6.67. The molecule has 1 amide bonds. The lowest BCUT2D eigenvalue weighted by Gasteiger charge is -2.12. The van der Waals surface area contributed by atoms with E-state index in [1.165, 1.54) is 26.5 Å². The molecule has 0 fully saturated rings. The van der Waals surface area contributed by atoms with E-state index < -0.39 is 5.91 Å². The molecule has 2 aromatic rings. The Morgan fingerprint density at radius 3 is 2.71 bits per heavy atom. The third-order valence-electron chi connectivity index (χ3n) is 2.80. The smallest absolute Gasteiger partial charge is 0.258 e. The van der Waals surface area contributed by atoms with Gasteiger partial charge in [0.15, 0.2) is 0 Å². The van der Waals surface area contributed by atoms with Crippen molar-refractivity contribution in [3.63, 3.8) is 0 Å². The number of hydrogen-bond acceptors (Lipinski definition) is 5. The second-order valence-corrected chi connectivity index (χ2v) is 4.50. The molecule has 110 valence electrons. The van der Waals surface area contributed by atoms with Gasteiger partial charge in [-0.3, -0.25) is 4.79 Å². The van der Waals surface area contributed by atoms with Crippen molar-refractivity contribution in [3.05, 3.63) is 41.2 Å². The number of methoxy groups -OCH3 is 2. The van der Waals surface area contributed by atoms with E-state index in [0.717, 1.165) is 0 Å². The van der Waals surface area contributed by atoms with Crippen LogP contribution in [0.25, 0.3) is 0 Å². The first-order valence-electron chi connectivity index (χ1n) is 5.99. The van der Waals surface area contributed by atoms with Gasteiger partial charge in [0, 0.05) is 6.07 Å². The summed E-state index contributed by atoms with van der Waals surface area (Å²) in [5, 5.41) is 2.90. The van der Waals surface area contributed by atoms with Crippen molar-refractivity contribution in [2.24, 2.45) is 0 Å². The third-order valence-corrected chi connectivity index (χ3v) is 3.01. The predicted octanol–water partition coefficient (Wildman–Crippen LogP) is 2.59. The molecule has 6 nitrogen and oxygen atoms in total. The number of benzene rings is 1. The largest absolute Gasteiger partial charge is 0.497 e. The Labute approximate surface area is 126 Å². The van der Waals surface area contributed by atoms with Gasteiger partial charge < -0.3 is 20.5 Å². The Hall–Kier alpha value is -2.47. The normalized spacial score (nSPS) is 10.0. The van der Waals surface area contributed by atoms with Crippen LogP contribution < -0.4 is 20.5 Å². The number of nitrogens with two attached hydrogens (primary N) is 1. The van der Waals surface area contributed by atoms with Crippen molar-refractivity contribution in [2.45, 2.75) is 0 Å². The van der Waals surface area contributed by atoms with Gasteiger partial charge in [0.25, 0.3) is 5.91 Å². The number of nitrogens with one attached hydrogen (secondary N) is 1. The first kappa shape index (κ1) is 14.9. The summed E-state index contributed by atoms with van der Waals surface area (Å²) in [7, 11) is 3.04. The van der Waals surface area contributed by atoms with Crippen LogP contribution in [0.1, 0.15) is 10.4 Å². The highest BCUT2D eigenvalue weighted by Crippen LogP contribution is 2.29. The van der Waals surface area contributed by atoms with E-state index in [2.05, 4.69) is 10.3 Å². The van der Waals surface area contributed by atoms with E-state index in [0.29, 0.717) is 17.2 Å². The van der Waals surface area contributed by atoms with Gasteiger partial charge in [0.2, 0.25) is 0 Å². The van der Waals surface area contributed by atoms with Crippen molar-refractivity contribution in [1.82, 2.24) is 4.98 Å². The van der Waals surface area contributed by atoms with Gasteiger partial charge in [-0.15, -0.1) is 0 Å². The maximum Gasteiger partial charge on any atom is 0.258 e. The summed E-state index contributed by atoms with van der Waals surface area (Å²) >= 11 is 5.78. The predicted molar refractivity (Wildman–Crippen MR) is 81.2 cm³/mol. The van der Waals surface area contributed by atoms with Crippen LogP contribution in [-0.2, 0) is 0 Å². The second-order valence-electron chi connectivity index (χ2n) is 4.11. The van der Waals surface area contributed by atoms with E-state index in [9.17, 15) is 4.79 Å². The first-order chi connectivity index (χ1) is 10.0. The second kappa shape index (κ2) is 6.32. The molecular formula is C14H14ClN3O3. The minimum Gasteiger partial charge on any atom is -0.497 e. The van der Waals surface area contributed by atoms with Crippen LogP contribution >= 0.6 is 11.6 Å². The summed E-state index contributed by atoms with van der Waals surface area (Å²) in [6.07, 6.45) is 1.33. The van der Waals surface area contributed by atoms with E-state index in [4.69, 9.17) is 26.8 Å². The number of nitrogens with zero attached hydrogens (tertiary/aromatic N) is 1. The van der Waals surface area contributed by atoms with Gasteiger partial charge in [-0.05, 0) is 18.2 Å². The van der Waals surface area contributed by atoms with E-state index >= 15 is 0 Å². The third kappa shape index (κ3) is 3.35. The number of carbonyl (C=O) groups excluding carboxylic acids is 1. The van der Waals surface area contributed by atoms with E-state index in [-0.39, 0.29) is 16.4 Å². The molecule has 0 radical (unpaired) electrons. The van der Waals surface area contributed by atoms with Crippen LogP contribution in [0.4, 0.5) is 11.4 Å². The zero-order chi connectivity index (χ0) is 15.4. The molecule has 7 heteroatoms. The molecule has 0 aliphatic heterocycles. The lowest BCUT2D eigenvalue weighted by Crippen LogP contribution is -2.15. The number of amides is 1. The molecule has 1 aromatic heterocycles. The van der Waals surface area contributed by atoms with Crippen molar-refractivity contribution in [1.29, 1.82) is 0 Å². The van der Waals surface area contributed by atoms with Crippen molar-refractivity contribution >= 4 is 28.9 Å². The van der Waals surface area contributed by atoms with Crippen LogP contribution in [0.5, 0.6) is 11.5 Å². The van der Waals surface area contributed by atoms with Gasteiger partial charge >= 0.3 is 0 Å². The van der Waals surface area contributed by atoms with Gasteiger partial charge in [-0.2, -0.15) is 0 Å². The molecule has 21 heavy (non-hydrogen) atoms. The minimum absolute atomic E-state index is 0.187. The minimum atomic E-state index is -0.414. The number of carbonyl (C=O) groups is 1. The zero-order valence-corrected chi connectivity index (χ0v) is 12.3. The molecule has 1 heterocycles. The number of ether oxygens (including phenoxy) is 2. The highest BCUT2D eigenvalue weighted by atomic mass is 35.5. The standard InChI is InChI=1S/C14H14ClN3O3/c1-20-8-3-4-12(21-2)11(5-8)18-14(19)9-6-13(15)17-7-10(9)16/h3-7H,16H2,1-2H3,(H,18,19). The molecule has 3 N–H and O–H groups in total. The average molecular weight is 308 g/mol. The molecule has 0 saturated heterocycles. The summed E-state index contributed by atoms with van der Waals surface area (Å²) < 4.78 is 10.3. The summed E-state index contributed by atoms with van der Waals surface area (Å²) in [4.78, 5) is 16.1. The average Bonchev–Trinajstić information content (AvgIpc) is 2.49. The van der Waals surface area contributed by atoms with Gasteiger partial charge in [-0.1, -0.05) is 11.6 Å². The number of pyridine rings is 1. The quantitative estimate of drug-likeness (QED) is 0.848. The summed E-state index contributed by atoms with van der Waals surface area (Å²) in [6, 6.07) is 6.47. The van der Waals surface area contributed by atoms with E-state index in [1.807, 2.05) is 0 Å². The Bertz CT molecular complexity index is 677. The van der Waals surface area contributed by atoms with Crippen molar-refractivity contribution < 1.29 is 14.3 Å². The van der Waals surface area contributed by atoms with Crippen LogP contribution in [0.3, 0.4) is 0 Å². The number of anilines is 2. The van der Waals surface area contributed by atoms with Gasteiger partial charge in [0.1, 0.15) is 16.7 Å². The maximum absolute atomic E-state index is 12.3. The molecule has 0 bridgehead atoms. The molecule has 2 rings (SSSR count). The van der Waals surface area contributed by atoms with Crippen LogP contribution in [0, 0.1) is 0 Å². The lowest BCUT2D eigenvalue weighted by atomic mass is 10.2. The molecule has 0 aliphatic carbocycles. The van der Waals surface area contributed by atoms with Crippen molar-refractivity contribution in [3.8, 4) is 11.5 Å². The molecule has 1 aromatic carbocycles.